The van der Waals surface area contributed by atoms with E-state index in [1.54, 1.807) is 6.07 Å². The third kappa shape index (κ3) is 2.74. The fourth-order valence-corrected chi connectivity index (χ4v) is 3.97. The van der Waals surface area contributed by atoms with Crippen LogP contribution in [0.1, 0.15) is 6.42 Å². The highest BCUT2D eigenvalue weighted by molar-refractivity contribution is 7.89. The number of anilines is 1. The first kappa shape index (κ1) is 15.1. The van der Waals surface area contributed by atoms with E-state index in [1.165, 1.54) is 23.5 Å². The van der Waals surface area contributed by atoms with Crippen LogP contribution in [0.4, 0.5) is 5.69 Å². The van der Waals surface area contributed by atoms with E-state index in [-0.39, 0.29) is 16.6 Å². The predicted molar refractivity (Wildman–Crippen MR) is 78.3 cm³/mol. The molecule has 2 N–H and O–H groups in total. The van der Waals surface area contributed by atoms with Gasteiger partial charge in [-0.25, -0.2) is 8.42 Å². The van der Waals surface area contributed by atoms with Crippen LogP contribution < -0.4 is 10.5 Å². The monoisotopic (exact) mass is 299 g/mol. The minimum atomic E-state index is -3.53. The smallest absolute Gasteiger partial charge is 0.245 e. The van der Waals surface area contributed by atoms with E-state index in [0.717, 1.165) is 6.42 Å². The zero-order valence-electron chi connectivity index (χ0n) is 12.0. The largest absolute Gasteiger partial charge is 0.497 e. The molecule has 20 heavy (non-hydrogen) atoms. The summed E-state index contributed by atoms with van der Waals surface area (Å²) in [6.07, 6.45) is 0.836. The van der Waals surface area contributed by atoms with E-state index in [0.29, 0.717) is 18.8 Å². The Balaban J connectivity index is 2.27. The fraction of sp³-hybridized carbons (Fsp3) is 0.538. The first-order chi connectivity index (χ1) is 9.36. The van der Waals surface area contributed by atoms with Gasteiger partial charge in [0.2, 0.25) is 10.0 Å². The van der Waals surface area contributed by atoms with Gasteiger partial charge in [-0.05, 0) is 32.6 Å². The van der Waals surface area contributed by atoms with Crippen molar-refractivity contribution in [3.8, 4) is 5.75 Å². The molecular weight excluding hydrogens is 278 g/mol. The molecule has 0 radical (unpaired) electrons. The lowest BCUT2D eigenvalue weighted by molar-refractivity contribution is 0.302. The van der Waals surface area contributed by atoms with Gasteiger partial charge in [-0.15, -0.1) is 0 Å². The number of benzene rings is 1. The maximum absolute atomic E-state index is 12.6. The lowest BCUT2D eigenvalue weighted by atomic mass is 10.2. The fourth-order valence-electron chi connectivity index (χ4n) is 2.38. The molecule has 6 nitrogen and oxygen atoms in total. The summed E-state index contributed by atoms with van der Waals surface area (Å²) in [7, 11) is 1.91. The number of rotatable bonds is 4. The SMILES string of the molecule is COc1ccc(S(=O)(=O)N2CCC(N(C)C)C2)c(N)c1. The Morgan fingerprint density at radius 2 is 2.10 bits per heavy atom. The molecule has 1 saturated heterocycles. The van der Waals surface area contributed by atoms with Crippen LogP contribution in [-0.4, -0.2) is 58.0 Å². The van der Waals surface area contributed by atoms with Gasteiger partial charge in [0.15, 0.2) is 0 Å². The van der Waals surface area contributed by atoms with Crippen LogP contribution in [0.15, 0.2) is 23.1 Å². The molecule has 0 aliphatic carbocycles. The highest BCUT2D eigenvalue weighted by Crippen LogP contribution is 2.29. The van der Waals surface area contributed by atoms with Crippen molar-refractivity contribution in [3.63, 3.8) is 0 Å². The van der Waals surface area contributed by atoms with Crippen molar-refractivity contribution in [1.82, 2.24) is 9.21 Å². The van der Waals surface area contributed by atoms with Crippen molar-refractivity contribution in [1.29, 1.82) is 0 Å². The second-order valence-corrected chi connectivity index (χ2v) is 7.08. The van der Waals surface area contributed by atoms with E-state index in [1.807, 2.05) is 19.0 Å². The van der Waals surface area contributed by atoms with Crippen LogP contribution in [0.5, 0.6) is 5.75 Å². The van der Waals surface area contributed by atoms with E-state index >= 15 is 0 Å². The van der Waals surface area contributed by atoms with Gasteiger partial charge in [-0.2, -0.15) is 4.31 Å². The summed E-state index contributed by atoms with van der Waals surface area (Å²) in [4.78, 5) is 2.20. The van der Waals surface area contributed by atoms with E-state index in [2.05, 4.69) is 0 Å². The van der Waals surface area contributed by atoms with Gasteiger partial charge in [0.25, 0.3) is 0 Å². The average molecular weight is 299 g/mol. The number of likely N-dealkylation sites (N-methyl/N-ethyl adjacent to an activating group) is 1. The number of hydrogen-bond donors (Lipinski definition) is 1. The molecule has 112 valence electrons. The molecule has 1 aromatic carbocycles. The molecule has 0 aromatic heterocycles. The van der Waals surface area contributed by atoms with Gasteiger partial charge in [-0.1, -0.05) is 0 Å². The third-order valence-corrected chi connectivity index (χ3v) is 5.63. The molecule has 0 bridgehead atoms. The van der Waals surface area contributed by atoms with Gasteiger partial charge in [-0.3, -0.25) is 0 Å². The summed E-state index contributed by atoms with van der Waals surface area (Å²) >= 11 is 0. The van der Waals surface area contributed by atoms with Crippen molar-refractivity contribution in [2.75, 3.05) is 40.0 Å². The number of nitrogens with two attached hydrogens (primary N) is 1. The Morgan fingerprint density at radius 3 is 2.60 bits per heavy atom. The highest BCUT2D eigenvalue weighted by atomic mass is 32.2. The molecular formula is C13H21N3O3S. The number of nitrogens with zero attached hydrogens (tertiary/aromatic N) is 2. The maximum Gasteiger partial charge on any atom is 0.245 e. The topological polar surface area (TPSA) is 75.9 Å². The summed E-state index contributed by atoms with van der Waals surface area (Å²) in [6, 6.07) is 4.91. The average Bonchev–Trinajstić information content (AvgIpc) is 2.88. The summed E-state index contributed by atoms with van der Waals surface area (Å²) in [5, 5.41) is 0. The molecule has 0 saturated carbocycles. The quantitative estimate of drug-likeness (QED) is 0.824. The van der Waals surface area contributed by atoms with Crippen LogP contribution in [0.3, 0.4) is 0 Å². The van der Waals surface area contributed by atoms with E-state index < -0.39 is 10.0 Å². The van der Waals surface area contributed by atoms with Crippen molar-refractivity contribution in [2.24, 2.45) is 0 Å². The Hall–Kier alpha value is -1.31. The van der Waals surface area contributed by atoms with Crippen molar-refractivity contribution >= 4 is 15.7 Å². The predicted octanol–water partition coefficient (Wildman–Crippen LogP) is 0.602. The third-order valence-electron chi connectivity index (χ3n) is 3.69. The normalized spacial score (nSPS) is 20.5. The van der Waals surface area contributed by atoms with E-state index in [4.69, 9.17) is 10.5 Å². The molecule has 1 unspecified atom stereocenters. The Labute approximate surface area is 120 Å². The minimum Gasteiger partial charge on any atom is -0.497 e. The summed E-state index contributed by atoms with van der Waals surface area (Å²) in [5.74, 6) is 0.550. The molecule has 2 rings (SSSR count). The number of hydrogen-bond acceptors (Lipinski definition) is 5. The molecule has 1 heterocycles. The van der Waals surface area contributed by atoms with Crippen LogP contribution in [0, 0.1) is 0 Å². The second-order valence-electron chi connectivity index (χ2n) is 5.17. The summed E-state index contributed by atoms with van der Waals surface area (Å²) in [5.41, 5.74) is 6.07. The van der Waals surface area contributed by atoms with Gasteiger partial charge in [0, 0.05) is 25.2 Å². The van der Waals surface area contributed by atoms with E-state index in [9.17, 15) is 8.42 Å². The molecule has 1 aliphatic heterocycles. The molecule has 0 spiro atoms. The zero-order chi connectivity index (χ0) is 14.9. The molecule has 1 fully saturated rings. The molecule has 0 amide bonds. The second kappa shape index (κ2) is 5.59. The Morgan fingerprint density at radius 1 is 1.40 bits per heavy atom. The first-order valence-electron chi connectivity index (χ1n) is 6.46. The van der Waals surface area contributed by atoms with Gasteiger partial charge in [0.1, 0.15) is 10.6 Å². The first-order valence-corrected chi connectivity index (χ1v) is 7.90. The Kier molecular flexibility index (Phi) is 4.22. The molecule has 1 atom stereocenters. The lowest BCUT2D eigenvalue weighted by Gasteiger charge is -2.21. The number of ether oxygens (including phenoxy) is 1. The number of nitrogen functional groups attached to an aromatic ring is 1. The lowest BCUT2D eigenvalue weighted by Crippen LogP contribution is -2.34. The van der Waals surface area contributed by atoms with Gasteiger partial charge >= 0.3 is 0 Å². The molecule has 1 aromatic rings. The highest BCUT2D eigenvalue weighted by Gasteiger charge is 2.34. The minimum absolute atomic E-state index is 0.151. The van der Waals surface area contributed by atoms with Crippen LogP contribution in [-0.2, 0) is 10.0 Å². The Bertz CT molecular complexity index is 587. The van der Waals surface area contributed by atoms with Gasteiger partial charge in [0.05, 0.1) is 12.8 Å². The van der Waals surface area contributed by atoms with Crippen LogP contribution in [0.25, 0.3) is 0 Å². The zero-order valence-corrected chi connectivity index (χ0v) is 12.9. The maximum atomic E-state index is 12.6. The van der Waals surface area contributed by atoms with Crippen molar-refractivity contribution in [3.05, 3.63) is 18.2 Å². The summed E-state index contributed by atoms with van der Waals surface area (Å²) < 4.78 is 31.8. The van der Waals surface area contributed by atoms with Crippen molar-refractivity contribution in [2.45, 2.75) is 17.4 Å². The summed E-state index contributed by atoms with van der Waals surface area (Å²) in [6.45, 7) is 1.03. The molecule has 1 aliphatic rings. The number of sulfonamides is 1. The van der Waals surface area contributed by atoms with Gasteiger partial charge < -0.3 is 15.4 Å². The standard InChI is InChI=1S/C13H21N3O3S/c1-15(2)10-6-7-16(9-10)20(17,18)13-5-4-11(19-3)8-12(13)14/h4-5,8,10H,6-7,9,14H2,1-3H3. The molecule has 7 heteroatoms. The number of methoxy groups -OCH3 is 1. The van der Waals surface area contributed by atoms with Crippen LogP contribution >= 0.6 is 0 Å². The van der Waals surface area contributed by atoms with Crippen molar-refractivity contribution < 1.29 is 13.2 Å². The van der Waals surface area contributed by atoms with Crippen LogP contribution in [0.2, 0.25) is 0 Å².